The lowest BCUT2D eigenvalue weighted by Gasteiger charge is -2.20. The lowest BCUT2D eigenvalue weighted by molar-refractivity contribution is -0.0498. The maximum atomic E-state index is 12.8. The highest BCUT2D eigenvalue weighted by Gasteiger charge is 2.23. The molecule has 0 atom stereocenters. The Kier molecular flexibility index (Phi) is 9.48. The fraction of sp³-hybridized carbons (Fsp3) is 0.304. The van der Waals surface area contributed by atoms with Gasteiger partial charge in [0.1, 0.15) is 11.5 Å². The molecule has 12 heteroatoms. The molecule has 8 nitrogen and oxygen atoms in total. The van der Waals surface area contributed by atoms with E-state index in [1.54, 1.807) is 24.4 Å². The topological polar surface area (TPSA) is 85.5 Å². The van der Waals surface area contributed by atoms with Crippen LogP contribution < -0.4 is 14.8 Å². The van der Waals surface area contributed by atoms with Gasteiger partial charge in [0.05, 0.1) is 34.6 Å². The summed E-state index contributed by atoms with van der Waals surface area (Å²) in [4.78, 5) is 5.85. The summed E-state index contributed by atoms with van der Waals surface area (Å²) in [6, 6.07) is 9.36. The SMILES string of the molecule is CN(C)CCCOc1ccc(OC(F)F)cc1N/C(=N/C#N)N1C[CH]C(c2ccc(Cl)c(Cl)c2)=N1. The highest BCUT2D eigenvalue weighted by Crippen LogP contribution is 2.31. The molecule has 35 heavy (non-hydrogen) atoms. The largest absolute Gasteiger partial charge is 0.491 e. The lowest BCUT2D eigenvalue weighted by Crippen LogP contribution is -2.30. The van der Waals surface area contributed by atoms with E-state index in [1.165, 1.54) is 23.2 Å². The average molecular weight is 524 g/mol. The second-order valence-electron chi connectivity index (χ2n) is 7.60. The van der Waals surface area contributed by atoms with Crippen LogP contribution in [0.15, 0.2) is 46.5 Å². The number of alkyl halides is 2. The maximum Gasteiger partial charge on any atom is 0.387 e. The molecule has 1 aliphatic heterocycles. The monoisotopic (exact) mass is 523 g/mol. The quantitative estimate of drug-likeness (QED) is 0.213. The van der Waals surface area contributed by atoms with Crippen LogP contribution in [-0.4, -0.2) is 62.0 Å². The van der Waals surface area contributed by atoms with Crippen molar-refractivity contribution in [1.29, 1.82) is 5.26 Å². The minimum atomic E-state index is -2.99. The number of nitrogens with one attached hydrogen (secondary N) is 1. The molecule has 3 rings (SSSR count). The molecule has 1 radical (unpaired) electrons. The van der Waals surface area contributed by atoms with E-state index in [-0.39, 0.29) is 11.7 Å². The number of aliphatic imine (C=N–C) groups is 1. The summed E-state index contributed by atoms with van der Waals surface area (Å²) in [6.45, 7) is -1.49. The zero-order chi connectivity index (χ0) is 25.4. The number of nitrogens with zero attached hydrogens (tertiary/aromatic N) is 5. The van der Waals surface area contributed by atoms with E-state index in [1.807, 2.05) is 25.4 Å². The first-order chi connectivity index (χ1) is 16.8. The molecular weight excluding hydrogens is 501 g/mol. The number of anilines is 1. The average Bonchev–Trinajstić information content (AvgIpc) is 3.29. The molecule has 0 saturated carbocycles. The van der Waals surface area contributed by atoms with Crippen molar-refractivity contribution in [3.05, 3.63) is 58.4 Å². The summed E-state index contributed by atoms with van der Waals surface area (Å²) in [5.74, 6) is 0.381. The summed E-state index contributed by atoms with van der Waals surface area (Å²) >= 11 is 12.1. The van der Waals surface area contributed by atoms with Gasteiger partial charge < -0.3 is 19.7 Å². The van der Waals surface area contributed by atoms with Crippen molar-refractivity contribution < 1.29 is 18.3 Å². The number of hydrogen-bond acceptors (Lipinski definition) is 6. The summed E-state index contributed by atoms with van der Waals surface area (Å²) in [6.07, 6.45) is 4.30. The second kappa shape index (κ2) is 12.5. The summed E-state index contributed by atoms with van der Waals surface area (Å²) in [5.41, 5.74) is 1.63. The van der Waals surface area contributed by atoms with E-state index in [0.717, 1.165) is 18.5 Å². The Morgan fingerprint density at radius 2 is 2.06 bits per heavy atom. The normalized spacial score (nSPS) is 13.7. The minimum absolute atomic E-state index is 0.0751. The summed E-state index contributed by atoms with van der Waals surface area (Å²) in [5, 5.41) is 19.0. The fourth-order valence-electron chi connectivity index (χ4n) is 3.14. The number of halogens is 4. The zero-order valence-corrected chi connectivity index (χ0v) is 20.5. The molecule has 0 spiro atoms. The van der Waals surface area contributed by atoms with E-state index in [0.29, 0.717) is 40.3 Å². The third kappa shape index (κ3) is 7.68. The van der Waals surface area contributed by atoms with Crippen LogP contribution in [-0.2, 0) is 0 Å². The van der Waals surface area contributed by atoms with Gasteiger partial charge in [0.2, 0.25) is 12.2 Å². The zero-order valence-electron chi connectivity index (χ0n) is 19.0. The van der Waals surface area contributed by atoms with Crippen LogP contribution in [0.25, 0.3) is 0 Å². The van der Waals surface area contributed by atoms with Crippen LogP contribution >= 0.6 is 23.2 Å². The van der Waals surface area contributed by atoms with Crippen molar-refractivity contribution in [3.63, 3.8) is 0 Å². The first-order valence-corrected chi connectivity index (χ1v) is 11.3. The number of guanidine groups is 1. The van der Waals surface area contributed by atoms with Gasteiger partial charge in [-0.3, -0.25) is 0 Å². The van der Waals surface area contributed by atoms with E-state index in [4.69, 9.17) is 27.9 Å². The van der Waals surface area contributed by atoms with Gasteiger partial charge in [-0.1, -0.05) is 29.3 Å². The molecule has 185 valence electrons. The molecule has 0 saturated heterocycles. The fourth-order valence-corrected chi connectivity index (χ4v) is 3.44. The van der Waals surface area contributed by atoms with Gasteiger partial charge >= 0.3 is 6.61 Å². The Morgan fingerprint density at radius 1 is 1.26 bits per heavy atom. The van der Waals surface area contributed by atoms with Crippen LogP contribution in [0.3, 0.4) is 0 Å². The molecule has 0 unspecified atom stereocenters. The number of hydrogen-bond donors (Lipinski definition) is 1. The molecule has 1 N–H and O–H groups in total. The van der Waals surface area contributed by atoms with Crippen LogP contribution in [0.4, 0.5) is 14.5 Å². The van der Waals surface area contributed by atoms with Crippen LogP contribution in [0, 0.1) is 17.9 Å². The number of ether oxygens (including phenoxy) is 2. The van der Waals surface area contributed by atoms with Crippen molar-refractivity contribution in [2.75, 3.05) is 39.1 Å². The maximum absolute atomic E-state index is 12.8. The smallest absolute Gasteiger partial charge is 0.387 e. The minimum Gasteiger partial charge on any atom is -0.491 e. The Bertz CT molecular complexity index is 1140. The molecular formula is C23H23Cl2F2N6O2. The van der Waals surface area contributed by atoms with Crippen molar-refractivity contribution in [2.24, 2.45) is 10.1 Å². The van der Waals surface area contributed by atoms with Crippen molar-refractivity contribution in [1.82, 2.24) is 9.91 Å². The summed E-state index contributed by atoms with van der Waals surface area (Å²) < 4.78 is 35.9. The summed E-state index contributed by atoms with van der Waals surface area (Å²) in [7, 11) is 3.90. The Balaban J connectivity index is 1.83. The first kappa shape index (κ1) is 26.5. The molecule has 0 aromatic heterocycles. The van der Waals surface area contributed by atoms with Gasteiger partial charge in [0.25, 0.3) is 0 Å². The molecule has 2 aromatic rings. The molecule has 0 amide bonds. The van der Waals surface area contributed by atoms with E-state index >= 15 is 0 Å². The van der Waals surface area contributed by atoms with Gasteiger partial charge in [-0.25, -0.2) is 5.01 Å². The van der Waals surface area contributed by atoms with Crippen LogP contribution in [0.1, 0.15) is 12.0 Å². The highest BCUT2D eigenvalue weighted by atomic mass is 35.5. The molecule has 0 aliphatic carbocycles. The molecule has 2 aromatic carbocycles. The number of nitriles is 1. The Labute approximate surface area is 212 Å². The van der Waals surface area contributed by atoms with Gasteiger partial charge in [0, 0.05) is 19.0 Å². The number of benzene rings is 2. The predicted molar refractivity (Wildman–Crippen MR) is 132 cm³/mol. The van der Waals surface area contributed by atoms with E-state index in [2.05, 4.69) is 20.1 Å². The van der Waals surface area contributed by atoms with Crippen molar-refractivity contribution in [3.8, 4) is 17.7 Å². The van der Waals surface area contributed by atoms with Crippen molar-refractivity contribution in [2.45, 2.75) is 13.0 Å². The van der Waals surface area contributed by atoms with Crippen molar-refractivity contribution >= 4 is 40.6 Å². The van der Waals surface area contributed by atoms with Gasteiger partial charge in [-0.15, -0.1) is 4.99 Å². The second-order valence-corrected chi connectivity index (χ2v) is 8.42. The first-order valence-electron chi connectivity index (χ1n) is 10.5. The Hall–Kier alpha value is -3.13. The highest BCUT2D eigenvalue weighted by molar-refractivity contribution is 6.42. The van der Waals surface area contributed by atoms with Gasteiger partial charge in [-0.05, 0) is 50.3 Å². The lowest BCUT2D eigenvalue weighted by atomic mass is 10.1. The number of hydrazone groups is 1. The molecule has 1 heterocycles. The molecule has 0 bridgehead atoms. The van der Waals surface area contributed by atoms with Crippen LogP contribution in [0.5, 0.6) is 11.5 Å². The van der Waals surface area contributed by atoms with Crippen LogP contribution in [0.2, 0.25) is 10.0 Å². The molecule has 1 aliphatic rings. The van der Waals surface area contributed by atoms with E-state index < -0.39 is 6.61 Å². The van der Waals surface area contributed by atoms with Gasteiger partial charge in [0.15, 0.2) is 0 Å². The third-order valence-electron chi connectivity index (χ3n) is 4.73. The third-order valence-corrected chi connectivity index (χ3v) is 5.47. The Morgan fingerprint density at radius 3 is 2.74 bits per heavy atom. The number of rotatable bonds is 9. The van der Waals surface area contributed by atoms with Gasteiger partial charge in [-0.2, -0.15) is 19.1 Å². The standard InChI is InChI=1S/C23H23Cl2F2N6O2/c1-32(2)9-3-11-34-21-7-5-16(35-22(26)27)13-20(21)30-23(29-14-28)33-10-8-19(31-33)15-4-6-17(24)18(25)12-15/h4-8,12-13,22H,3,9-11H2,1-2H3,(H,29,30). The predicted octanol–water partition coefficient (Wildman–Crippen LogP) is 5.10. The molecule has 0 fully saturated rings. The van der Waals surface area contributed by atoms with E-state index in [9.17, 15) is 14.0 Å².